The molecule has 3 heterocycles. The number of anilines is 3. The number of aromatic nitrogens is 3. The first-order chi connectivity index (χ1) is 26.7. The topological polar surface area (TPSA) is 60.2 Å². The Morgan fingerprint density at radius 1 is 0.407 bits per heavy atom. The van der Waals surface area contributed by atoms with E-state index in [-0.39, 0.29) is 0 Å². The van der Waals surface area contributed by atoms with Crippen LogP contribution in [0.2, 0.25) is 0 Å². The van der Waals surface area contributed by atoms with Crippen LogP contribution in [0.15, 0.2) is 191 Å². The van der Waals surface area contributed by atoms with Gasteiger partial charge in [-0.25, -0.2) is 9.97 Å². The first-order valence-corrected chi connectivity index (χ1v) is 18.0. The summed E-state index contributed by atoms with van der Waals surface area (Å²) in [7, 11) is 0. The standard InChI is InChI=1S/C48H30N4O2/c1-2-10-33-29-38(23-17-31(33)9-1)51(35-21-18-32(19-22-35)47-49-41-12-4-7-15-45(41)53-47)36-24-26-37(27-25-36)52-43-14-6-3-11-39(43)40-30-34(20-28-44(40)52)48-50-42-13-5-8-16-46(42)54-48/h1-30H. The summed E-state index contributed by atoms with van der Waals surface area (Å²) >= 11 is 0. The molecule has 0 bridgehead atoms. The van der Waals surface area contributed by atoms with Crippen molar-refractivity contribution in [1.29, 1.82) is 0 Å². The summed E-state index contributed by atoms with van der Waals surface area (Å²) in [5.41, 5.74) is 11.6. The predicted molar refractivity (Wildman–Crippen MR) is 219 cm³/mol. The lowest BCUT2D eigenvalue weighted by Gasteiger charge is -2.26. The molecule has 6 heteroatoms. The van der Waals surface area contributed by atoms with Gasteiger partial charge in [-0.15, -0.1) is 0 Å². The second kappa shape index (κ2) is 12.1. The van der Waals surface area contributed by atoms with Crippen molar-refractivity contribution < 1.29 is 8.83 Å². The molecule has 0 unspecified atom stereocenters. The molecule has 0 spiro atoms. The normalized spacial score (nSPS) is 11.7. The van der Waals surface area contributed by atoms with Gasteiger partial charge in [0.25, 0.3) is 0 Å². The van der Waals surface area contributed by atoms with Gasteiger partial charge in [0.1, 0.15) is 11.0 Å². The van der Waals surface area contributed by atoms with Crippen molar-refractivity contribution in [3.05, 3.63) is 182 Å². The molecule has 3 aromatic heterocycles. The average Bonchev–Trinajstić information content (AvgIpc) is 3.96. The van der Waals surface area contributed by atoms with Gasteiger partial charge in [-0.3, -0.25) is 0 Å². The van der Waals surface area contributed by atoms with E-state index in [1.54, 1.807) is 0 Å². The molecule has 0 fully saturated rings. The van der Waals surface area contributed by atoms with E-state index in [0.29, 0.717) is 11.8 Å². The van der Waals surface area contributed by atoms with E-state index in [1.165, 1.54) is 16.2 Å². The number of nitrogens with zero attached hydrogens (tertiary/aromatic N) is 4. The van der Waals surface area contributed by atoms with Crippen LogP contribution in [0.3, 0.4) is 0 Å². The number of oxazole rings is 2. The Morgan fingerprint density at radius 2 is 0.963 bits per heavy atom. The first-order valence-electron chi connectivity index (χ1n) is 18.0. The lowest BCUT2D eigenvalue weighted by Crippen LogP contribution is -2.10. The van der Waals surface area contributed by atoms with Gasteiger partial charge in [0, 0.05) is 44.6 Å². The quantitative estimate of drug-likeness (QED) is 0.173. The van der Waals surface area contributed by atoms with Crippen LogP contribution in [0.25, 0.3) is 83.4 Å². The van der Waals surface area contributed by atoms with E-state index < -0.39 is 0 Å². The fraction of sp³-hybridized carbons (Fsp3) is 0. The number of para-hydroxylation sites is 5. The number of rotatable bonds is 6. The van der Waals surface area contributed by atoms with Crippen LogP contribution in [0.4, 0.5) is 17.1 Å². The molecule has 0 saturated carbocycles. The zero-order chi connectivity index (χ0) is 35.6. The predicted octanol–water partition coefficient (Wildman–Crippen LogP) is 13.0. The molecule has 6 nitrogen and oxygen atoms in total. The van der Waals surface area contributed by atoms with Crippen LogP contribution in [0.1, 0.15) is 0 Å². The van der Waals surface area contributed by atoms with Crippen molar-refractivity contribution >= 4 is 71.8 Å². The van der Waals surface area contributed by atoms with Crippen LogP contribution in [-0.2, 0) is 0 Å². The molecule has 0 aliphatic carbocycles. The van der Waals surface area contributed by atoms with Gasteiger partial charge in [0.2, 0.25) is 11.8 Å². The minimum absolute atomic E-state index is 0.608. The van der Waals surface area contributed by atoms with E-state index in [1.807, 2.05) is 48.5 Å². The minimum atomic E-state index is 0.608. The van der Waals surface area contributed by atoms with Crippen LogP contribution in [0, 0.1) is 0 Å². The Hall–Kier alpha value is -7.44. The molecule has 54 heavy (non-hydrogen) atoms. The number of hydrogen-bond donors (Lipinski definition) is 0. The third-order valence-electron chi connectivity index (χ3n) is 10.2. The molecule has 0 N–H and O–H groups in total. The number of hydrogen-bond acceptors (Lipinski definition) is 5. The Morgan fingerprint density at radius 3 is 1.69 bits per heavy atom. The third-order valence-corrected chi connectivity index (χ3v) is 10.2. The van der Waals surface area contributed by atoms with Crippen molar-refractivity contribution in [1.82, 2.24) is 14.5 Å². The van der Waals surface area contributed by atoms with Crippen molar-refractivity contribution in [2.45, 2.75) is 0 Å². The lowest BCUT2D eigenvalue weighted by molar-refractivity contribution is 0.619. The molecule has 0 radical (unpaired) electrons. The van der Waals surface area contributed by atoms with E-state index in [0.717, 1.165) is 72.5 Å². The summed E-state index contributed by atoms with van der Waals surface area (Å²) in [6.45, 7) is 0. The maximum Gasteiger partial charge on any atom is 0.227 e. The molecular weight excluding hydrogens is 665 g/mol. The van der Waals surface area contributed by atoms with E-state index in [4.69, 9.17) is 18.8 Å². The molecule has 8 aromatic carbocycles. The fourth-order valence-corrected chi connectivity index (χ4v) is 7.64. The van der Waals surface area contributed by atoms with Crippen molar-refractivity contribution in [2.24, 2.45) is 0 Å². The van der Waals surface area contributed by atoms with E-state index >= 15 is 0 Å². The van der Waals surface area contributed by atoms with Crippen molar-refractivity contribution in [3.63, 3.8) is 0 Å². The maximum atomic E-state index is 6.15. The van der Waals surface area contributed by atoms with Crippen molar-refractivity contribution in [2.75, 3.05) is 4.90 Å². The largest absolute Gasteiger partial charge is 0.436 e. The Labute approximate surface area is 309 Å². The Bertz CT molecular complexity index is 3110. The zero-order valence-electron chi connectivity index (χ0n) is 28.9. The van der Waals surface area contributed by atoms with Gasteiger partial charge in [0.15, 0.2) is 11.2 Å². The highest BCUT2D eigenvalue weighted by Crippen LogP contribution is 2.40. The van der Waals surface area contributed by atoms with Crippen molar-refractivity contribution in [3.8, 4) is 28.6 Å². The minimum Gasteiger partial charge on any atom is -0.436 e. The molecule has 0 aliphatic rings. The molecular formula is C48H30N4O2. The fourth-order valence-electron chi connectivity index (χ4n) is 7.64. The van der Waals surface area contributed by atoms with Gasteiger partial charge in [-0.05, 0) is 120 Å². The van der Waals surface area contributed by atoms with Gasteiger partial charge in [-0.1, -0.05) is 72.8 Å². The molecule has 254 valence electrons. The molecule has 0 aliphatic heterocycles. The summed E-state index contributed by atoms with van der Waals surface area (Å²) in [4.78, 5) is 11.8. The molecule has 11 rings (SSSR count). The molecule has 0 saturated heterocycles. The summed E-state index contributed by atoms with van der Waals surface area (Å²) in [6, 6.07) is 63.1. The zero-order valence-corrected chi connectivity index (χ0v) is 28.9. The lowest BCUT2D eigenvalue weighted by atomic mass is 10.1. The van der Waals surface area contributed by atoms with Crippen LogP contribution < -0.4 is 4.90 Å². The SMILES string of the molecule is c1ccc2cc(N(c3ccc(-c4nc5ccccc5o4)cc3)c3ccc(-n4c5ccccc5c5cc(-c6nc7ccccc7o6)ccc54)cc3)ccc2c1. The summed E-state index contributed by atoms with van der Waals surface area (Å²) < 4.78 is 14.6. The van der Waals surface area contributed by atoms with Gasteiger partial charge >= 0.3 is 0 Å². The van der Waals surface area contributed by atoms with Crippen LogP contribution in [-0.4, -0.2) is 14.5 Å². The number of fused-ring (bicyclic) bond motifs is 6. The highest BCUT2D eigenvalue weighted by atomic mass is 16.4. The molecule has 11 aromatic rings. The molecule has 0 atom stereocenters. The van der Waals surface area contributed by atoms with E-state index in [2.05, 4.69) is 143 Å². The Kier molecular flexibility index (Phi) is 6.75. The monoisotopic (exact) mass is 694 g/mol. The maximum absolute atomic E-state index is 6.15. The Balaban J connectivity index is 1.01. The highest BCUT2D eigenvalue weighted by Gasteiger charge is 2.18. The highest BCUT2D eigenvalue weighted by molar-refractivity contribution is 6.10. The number of benzene rings is 8. The van der Waals surface area contributed by atoms with Crippen LogP contribution >= 0.6 is 0 Å². The second-order valence-corrected chi connectivity index (χ2v) is 13.5. The average molecular weight is 695 g/mol. The molecule has 0 amide bonds. The van der Waals surface area contributed by atoms with Crippen LogP contribution in [0.5, 0.6) is 0 Å². The third kappa shape index (κ3) is 4.96. The van der Waals surface area contributed by atoms with Gasteiger partial charge < -0.3 is 18.3 Å². The summed E-state index contributed by atoms with van der Waals surface area (Å²) in [5, 5.41) is 4.70. The van der Waals surface area contributed by atoms with Gasteiger partial charge in [-0.2, -0.15) is 0 Å². The summed E-state index contributed by atoms with van der Waals surface area (Å²) in [5.74, 6) is 1.23. The van der Waals surface area contributed by atoms with Gasteiger partial charge in [0.05, 0.1) is 11.0 Å². The summed E-state index contributed by atoms with van der Waals surface area (Å²) in [6.07, 6.45) is 0. The second-order valence-electron chi connectivity index (χ2n) is 13.5. The first kappa shape index (κ1) is 30.2. The smallest absolute Gasteiger partial charge is 0.227 e. The van der Waals surface area contributed by atoms with E-state index in [9.17, 15) is 0 Å².